The van der Waals surface area contributed by atoms with Gasteiger partial charge in [-0.25, -0.2) is 0 Å². The third-order valence-electron chi connectivity index (χ3n) is 0.806. The van der Waals surface area contributed by atoms with Gasteiger partial charge in [-0.3, -0.25) is 0 Å². The molecule has 0 aromatic rings. The Morgan fingerprint density at radius 3 is 2.90 bits per heavy atom. The number of rotatable bonds is 3. The Hall–Kier alpha value is -0.0900. The summed E-state index contributed by atoms with van der Waals surface area (Å²) in [4.78, 5) is 10.1. The number of nitrogens with one attached hydrogen (secondary N) is 1. The first-order valence-electron chi connectivity index (χ1n) is 3.10. The van der Waals surface area contributed by atoms with Gasteiger partial charge in [0.1, 0.15) is 10.6 Å². The van der Waals surface area contributed by atoms with Crippen molar-refractivity contribution in [2.45, 2.75) is 19.1 Å². The van der Waals surface area contributed by atoms with E-state index in [0.29, 0.717) is 4.32 Å². The molecule has 0 aromatic heterocycles. The summed E-state index contributed by atoms with van der Waals surface area (Å²) < 4.78 is 0.696. The van der Waals surface area contributed by atoms with Crippen LogP contribution in [0, 0.1) is 0 Å². The van der Waals surface area contributed by atoms with Crippen LogP contribution in [0.3, 0.4) is 0 Å². The standard InChI is InChI=1S/C6H11NOS2/c1-3-7-6(9)10-5(2)4-8/h4-5H,3H2,1-2H3,(H,7,9). The van der Waals surface area contributed by atoms with E-state index in [-0.39, 0.29) is 5.25 Å². The molecule has 0 saturated carbocycles. The maximum Gasteiger partial charge on any atom is 0.134 e. The number of thiocarbonyl (C=S) groups is 1. The van der Waals surface area contributed by atoms with Crippen LogP contribution in [0.1, 0.15) is 13.8 Å². The van der Waals surface area contributed by atoms with Crippen LogP contribution in [0.15, 0.2) is 0 Å². The van der Waals surface area contributed by atoms with Gasteiger partial charge in [0, 0.05) is 6.54 Å². The lowest BCUT2D eigenvalue weighted by atomic mass is 10.5. The highest BCUT2D eigenvalue weighted by atomic mass is 32.2. The summed E-state index contributed by atoms with van der Waals surface area (Å²) in [6.07, 6.45) is 0.883. The van der Waals surface area contributed by atoms with Crippen LogP contribution in [0.2, 0.25) is 0 Å². The highest BCUT2D eigenvalue weighted by molar-refractivity contribution is 8.23. The lowest BCUT2D eigenvalue weighted by Gasteiger charge is -2.05. The Morgan fingerprint density at radius 2 is 2.50 bits per heavy atom. The largest absolute Gasteiger partial charge is 0.371 e. The van der Waals surface area contributed by atoms with E-state index < -0.39 is 0 Å². The van der Waals surface area contributed by atoms with Gasteiger partial charge in [0.2, 0.25) is 0 Å². The van der Waals surface area contributed by atoms with E-state index in [1.54, 1.807) is 0 Å². The molecule has 0 spiro atoms. The van der Waals surface area contributed by atoms with Crippen molar-refractivity contribution in [2.24, 2.45) is 0 Å². The molecule has 4 heteroatoms. The van der Waals surface area contributed by atoms with E-state index in [1.165, 1.54) is 11.8 Å². The summed E-state index contributed by atoms with van der Waals surface area (Å²) in [6.45, 7) is 4.61. The van der Waals surface area contributed by atoms with Crippen molar-refractivity contribution in [1.29, 1.82) is 0 Å². The highest BCUT2D eigenvalue weighted by Crippen LogP contribution is 2.08. The summed E-state index contributed by atoms with van der Waals surface area (Å²) in [7, 11) is 0. The third kappa shape index (κ3) is 4.76. The minimum atomic E-state index is -0.0356. The second kappa shape index (κ2) is 5.68. The molecule has 0 rings (SSSR count). The minimum absolute atomic E-state index is 0.0356. The normalized spacial score (nSPS) is 12.2. The lowest BCUT2D eigenvalue weighted by molar-refractivity contribution is -0.107. The molecule has 1 unspecified atom stereocenters. The first kappa shape index (κ1) is 9.91. The molecule has 0 aliphatic rings. The first-order valence-corrected chi connectivity index (χ1v) is 4.39. The fourth-order valence-electron chi connectivity index (χ4n) is 0.383. The number of hydrogen-bond acceptors (Lipinski definition) is 3. The predicted molar refractivity (Wildman–Crippen MR) is 49.4 cm³/mol. The zero-order valence-corrected chi connectivity index (χ0v) is 7.72. The van der Waals surface area contributed by atoms with Crippen molar-refractivity contribution in [1.82, 2.24) is 5.32 Å². The van der Waals surface area contributed by atoms with Crippen molar-refractivity contribution in [3.63, 3.8) is 0 Å². The number of thioether (sulfide) groups is 1. The SMILES string of the molecule is CCNC(=S)SC(C)C=O. The fourth-order valence-corrected chi connectivity index (χ4v) is 1.60. The molecule has 1 atom stereocenters. The molecule has 58 valence electrons. The van der Waals surface area contributed by atoms with Gasteiger partial charge in [-0.2, -0.15) is 0 Å². The Labute approximate surface area is 70.8 Å². The molecule has 2 nitrogen and oxygen atoms in total. The zero-order chi connectivity index (χ0) is 7.98. The summed E-state index contributed by atoms with van der Waals surface area (Å²) in [5.74, 6) is 0. The molecular weight excluding hydrogens is 166 g/mol. The highest BCUT2D eigenvalue weighted by Gasteiger charge is 2.02. The van der Waals surface area contributed by atoms with E-state index in [1.807, 2.05) is 13.8 Å². The van der Waals surface area contributed by atoms with Gasteiger partial charge < -0.3 is 10.1 Å². The summed E-state index contributed by atoms with van der Waals surface area (Å²) in [5, 5.41) is 2.91. The second-order valence-corrected chi connectivity index (χ2v) is 3.83. The molecule has 0 bridgehead atoms. The van der Waals surface area contributed by atoms with Gasteiger partial charge in [-0.1, -0.05) is 24.0 Å². The predicted octanol–water partition coefficient (Wildman–Crippen LogP) is 1.20. The van der Waals surface area contributed by atoms with Crippen LogP contribution >= 0.6 is 24.0 Å². The second-order valence-electron chi connectivity index (χ2n) is 1.78. The van der Waals surface area contributed by atoms with Crippen LogP contribution in [-0.4, -0.2) is 22.4 Å². The van der Waals surface area contributed by atoms with Crippen LogP contribution in [0.5, 0.6) is 0 Å². The van der Waals surface area contributed by atoms with Crippen molar-refractivity contribution in [3.8, 4) is 0 Å². The van der Waals surface area contributed by atoms with Gasteiger partial charge in [-0.05, 0) is 13.8 Å². The van der Waals surface area contributed by atoms with Crippen molar-refractivity contribution in [2.75, 3.05) is 6.54 Å². The molecule has 0 aliphatic carbocycles. The Bertz CT molecular complexity index is 127. The molecule has 0 radical (unpaired) electrons. The van der Waals surface area contributed by atoms with Gasteiger partial charge in [0.05, 0.1) is 5.25 Å². The maximum absolute atomic E-state index is 10.1. The molecule has 0 saturated heterocycles. The molecule has 10 heavy (non-hydrogen) atoms. The van der Waals surface area contributed by atoms with E-state index in [0.717, 1.165) is 12.8 Å². The molecule has 1 N–H and O–H groups in total. The van der Waals surface area contributed by atoms with Crippen LogP contribution in [0.4, 0.5) is 0 Å². The lowest BCUT2D eigenvalue weighted by Crippen LogP contribution is -2.19. The average Bonchev–Trinajstić information content (AvgIpc) is 1.88. The van der Waals surface area contributed by atoms with E-state index in [2.05, 4.69) is 5.32 Å². The van der Waals surface area contributed by atoms with Crippen molar-refractivity contribution < 1.29 is 4.79 Å². The topological polar surface area (TPSA) is 29.1 Å². The van der Waals surface area contributed by atoms with E-state index in [9.17, 15) is 4.79 Å². The Morgan fingerprint density at radius 1 is 1.90 bits per heavy atom. The monoisotopic (exact) mass is 177 g/mol. The van der Waals surface area contributed by atoms with Gasteiger partial charge in [0.15, 0.2) is 0 Å². The van der Waals surface area contributed by atoms with E-state index in [4.69, 9.17) is 12.2 Å². The van der Waals surface area contributed by atoms with Crippen LogP contribution < -0.4 is 5.32 Å². The summed E-state index contributed by atoms with van der Waals surface area (Å²) >= 11 is 6.27. The Kier molecular flexibility index (Phi) is 5.63. The molecule has 0 aliphatic heterocycles. The zero-order valence-electron chi connectivity index (χ0n) is 6.09. The number of carbonyl (C=O) groups is 1. The Balaban J connectivity index is 3.46. The number of hydrogen-bond donors (Lipinski definition) is 1. The molecular formula is C6H11NOS2. The summed E-state index contributed by atoms with van der Waals surface area (Å²) in [5.41, 5.74) is 0. The van der Waals surface area contributed by atoms with Crippen LogP contribution in [-0.2, 0) is 4.79 Å². The molecule has 0 fully saturated rings. The molecule has 0 amide bonds. The summed E-state index contributed by atoms with van der Waals surface area (Å²) in [6, 6.07) is 0. The number of carbonyl (C=O) groups excluding carboxylic acids is 1. The fraction of sp³-hybridized carbons (Fsp3) is 0.667. The third-order valence-corrected chi connectivity index (χ3v) is 2.08. The van der Waals surface area contributed by atoms with E-state index >= 15 is 0 Å². The molecule has 0 heterocycles. The van der Waals surface area contributed by atoms with Gasteiger partial charge >= 0.3 is 0 Å². The smallest absolute Gasteiger partial charge is 0.134 e. The maximum atomic E-state index is 10.1. The first-order chi connectivity index (χ1) is 4.70. The minimum Gasteiger partial charge on any atom is -0.371 e. The number of aldehydes is 1. The van der Waals surface area contributed by atoms with Crippen LogP contribution in [0.25, 0.3) is 0 Å². The quantitative estimate of drug-likeness (QED) is 0.518. The van der Waals surface area contributed by atoms with Crippen molar-refractivity contribution in [3.05, 3.63) is 0 Å². The molecule has 0 aromatic carbocycles. The van der Waals surface area contributed by atoms with Gasteiger partial charge in [0.25, 0.3) is 0 Å². The van der Waals surface area contributed by atoms with Gasteiger partial charge in [-0.15, -0.1) is 0 Å². The van der Waals surface area contributed by atoms with Crippen molar-refractivity contribution >= 4 is 34.6 Å². The average molecular weight is 177 g/mol.